The van der Waals surface area contributed by atoms with Gasteiger partial charge in [0.1, 0.15) is 49.8 Å². The van der Waals surface area contributed by atoms with E-state index >= 15 is 0 Å². The fourth-order valence-corrected chi connectivity index (χ4v) is 14.4. The number of nitrogens with zero attached hydrogens (tertiary/aromatic N) is 12. The molecule has 16 rings (SSSR count). The van der Waals surface area contributed by atoms with Gasteiger partial charge in [-0.2, -0.15) is 40.3 Å². The molecule has 16 aromatic rings. The summed E-state index contributed by atoms with van der Waals surface area (Å²) in [7, 11) is 1.44. The molecule has 8 aromatic carbocycles. The molecule has 0 aliphatic rings. The van der Waals surface area contributed by atoms with Gasteiger partial charge in [0.15, 0.2) is 56.4 Å². The molecule has 34 nitrogen and oxygen atoms in total. The number of anilines is 16. The molecule has 0 aliphatic heterocycles. The van der Waals surface area contributed by atoms with Crippen molar-refractivity contribution in [2.75, 3.05) is 83.2 Å². The lowest BCUT2D eigenvalue weighted by molar-refractivity contribution is 0.0955. The third-order valence-electron chi connectivity index (χ3n) is 19.7. The molecule has 0 radical (unpaired) electrons. The van der Waals surface area contributed by atoms with E-state index in [2.05, 4.69) is 153 Å². The third kappa shape index (κ3) is 24.3. The number of nitrogens with one attached hydrogen (secondary N) is 14. The summed E-state index contributed by atoms with van der Waals surface area (Å²) in [4.78, 5) is 58.3. The number of aliphatic hydroxyl groups is 1. The molecule has 2 amide bonds. The number of phenolic OH excluding ortho intramolecular Hbond substituents is 1. The van der Waals surface area contributed by atoms with Crippen molar-refractivity contribution in [2.24, 2.45) is 0 Å². The number of amides is 2. The summed E-state index contributed by atoms with van der Waals surface area (Å²) < 4.78 is 50.2. The largest absolute Gasteiger partial charge is 0.506 e. The van der Waals surface area contributed by atoms with Gasteiger partial charge in [0.2, 0.25) is 23.8 Å². The van der Waals surface area contributed by atoms with Gasteiger partial charge >= 0.3 is 0 Å². The summed E-state index contributed by atoms with van der Waals surface area (Å²) in [5, 5.41) is 78.9. The molecule has 676 valence electrons. The van der Waals surface area contributed by atoms with E-state index in [-0.39, 0.29) is 58.3 Å². The number of H-pyrrole nitrogens is 4. The van der Waals surface area contributed by atoms with Crippen molar-refractivity contribution >= 4 is 161 Å². The van der Waals surface area contributed by atoms with Crippen LogP contribution in [0, 0.1) is 61.2 Å². The Kier molecular flexibility index (Phi) is 30.5. The smallest absolute Gasteiger partial charge is 0.251 e. The van der Waals surface area contributed by atoms with Crippen LogP contribution in [-0.2, 0) is 9.84 Å². The number of aromatic nitrogens is 16. The number of phenols is 1. The normalized spacial score (nSPS) is 10.9. The van der Waals surface area contributed by atoms with Crippen LogP contribution < -0.4 is 62.6 Å². The Bertz CT molecular complexity index is 6970. The van der Waals surface area contributed by atoms with Crippen LogP contribution in [0.5, 0.6) is 17.2 Å². The molecule has 8 aromatic heterocycles. The summed E-state index contributed by atoms with van der Waals surface area (Å²) in [6.45, 7) is 15.3. The van der Waals surface area contributed by atoms with Gasteiger partial charge in [-0.15, -0.1) is 0 Å². The minimum absolute atomic E-state index is 0.0296. The molecule has 40 heteroatoms. The minimum Gasteiger partial charge on any atom is -0.506 e. The number of aromatic hydroxyl groups is 1. The molecule has 8 heterocycles. The number of carbonyl (C=O) groups is 2. The monoisotopic (exact) mass is 1880 g/mol. The number of benzene rings is 8. The summed E-state index contributed by atoms with van der Waals surface area (Å²) in [5.74, 6) is 5.31. The lowest BCUT2D eigenvalue weighted by Gasteiger charge is -2.17. The average Bonchev–Trinajstić information content (AvgIpc) is 1.09. The lowest BCUT2D eigenvalue weighted by atomic mass is 9.98. The second-order valence-electron chi connectivity index (χ2n) is 29.7. The molecular formula is C92H89Cl4FN26O8S. The van der Waals surface area contributed by atoms with Crippen molar-refractivity contribution in [3.8, 4) is 61.8 Å². The first kappa shape index (κ1) is 94.3. The number of aryl methyl sites for hydroxylation is 8. The number of aromatic amines is 4. The topological polar surface area (TPSA) is 465 Å². The van der Waals surface area contributed by atoms with Gasteiger partial charge in [0.05, 0.1) is 66.1 Å². The Hall–Kier alpha value is -15.3. The van der Waals surface area contributed by atoms with E-state index in [0.717, 1.165) is 90.4 Å². The molecule has 0 spiro atoms. The van der Waals surface area contributed by atoms with Crippen molar-refractivity contribution < 1.29 is 42.1 Å². The number of methoxy groups -OCH3 is 1. The first-order valence-corrected chi connectivity index (χ1v) is 43.8. The van der Waals surface area contributed by atoms with Gasteiger partial charge in [-0.3, -0.25) is 30.0 Å². The van der Waals surface area contributed by atoms with E-state index in [9.17, 15) is 32.6 Å². The first-order chi connectivity index (χ1) is 63.3. The van der Waals surface area contributed by atoms with E-state index in [1.54, 1.807) is 81.9 Å². The molecule has 0 fully saturated rings. The molecule has 0 unspecified atom stereocenters. The predicted molar refractivity (Wildman–Crippen MR) is 515 cm³/mol. The van der Waals surface area contributed by atoms with Crippen LogP contribution in [0.1, 0.15) is 65.7 Å². The van der Waals surface area contributed by atoms with Crippen molar-refractivity contribution in [1.29, 1.82) is 0 Å². The minimum atomic E-state index is -3.38. The van der Waals surface area contributed by atoms with E-state index in [1.165, 1.54) is 43.0 Å². The molecule has 132 heavy (non-hydrogen) atoms. The molecular weight excluding hydrogens is 1790 g/mol. The van der Waals surface area contributed by atoms with Crippen LogP contribution >= 0.6 is 46.4 Å². The Morgan fingerprint density at radius 3 is 1.12 bits per heavy atom. The highest BCUT2D eigenvalue weighted by molar-refractivity contribution is 7.90. The maximum absolute atomic E-state index is 15.0. The summed E-state index contributed by atoms with van der Waals surface area (Å²) in [6.07, 6.45) is 7.02. The summed E-state index contributed by atoms with van der Waals surface area (Å²) in [6, 6.07) is 52.6. The lowest BCUT2D eigenvalue weighted by Crippen LogP contribution is -2.17. The second-order valence-corrected chi connectivity index (χ2v) is 33.4. The zero-order valence-corrected chi connectivity index (χ0v) is 76.8. The molecule has 0 bridgehead atoms. The maximum atomic E-state index is 15.0. The van der Waals surface area contributed by atoms with E-state index < -0.39 is 15.7 Å². The third-order valence-corrected chi connectivity index (χ3v) is 21.9. The van der Waals surface area contributed by atoms with Gasteiger partial charge in [-0.25, -0.2) is 32.7 Å². The molecule has 0 saturated carbocycles. The van der Waals surface area contributed by atoms with Gasteiger partial charge in [0.25, 0.3) is 11.8 Å². The van der Waals surface area contributed by atoms with Crippen molar-refractivity contribution in [3.63, 3.8) is 0 Å². The second kappa shape index (κ2) is 42.7. The fourth-order valence-electron chi connectivity index (χ4n) is 13.2. The van der Waals surface area contributed by atoms with Gasteiger partial charge in [-0.05, 0) is 207 Å². The van der Waals surface area contributed by atoms with Crippen LogP contribution in [0.15, 0.2) is 206 Å². The molecule has 0 saturated heterocycles. The van der Waals surface area contributed by atoms with Crippen LogP contribution in [-0.4, -0.2) is 152 Å². The summed E-state index contributed by atoms with van der Waals surface area (Å²) in [5.41, 5.74) is 17.4. The number of rotatable bonds is 27. The maximum Gasteiger partial charge on any atom is 0.251 e. The van der Waals surface area contributed by atoms with Crippen LogP contribution in [0.25, 0.3) is 44.5 Å². The number of halogens is 5. The van der Waals surface area contributed by atoms with Crippen molar-refractivity contribution in [3.05, 3.63) is 283 Å². The fraction of sp³-hybridized carbons (Fsp3) is 0.152. The highest BCUT2D eigenvalue weighted by Gasteiger charge is 2.22. The average molecular weight is 1880 g/mol. The molecule has 0 atom stereocenters. The van der Waals surface area contributed by atoms with E-state index in [4.69, 9.17) is 55.9 Å². The van der Waals surface area contributed by atoms with Gasteiger partial charge < -0.3 is 72.9 Å². The Morgan fingerprint density at radius 2 is 0.750 bits per heavy atom. The Morgan fingerprint density at radius 1 is 0.409 bits per heavy atom. The first-order valence-electron chi connectivity index (χ1n) is 40.4. The Labute approximate surface area is 777 Å². The molecule has 16 N–H and O–H groups in total. The summed E-state index contributed by atoms with van der Waals surface area (Å²) >= 11 is 24.9. The Balaban J connectivity index is 0.000000150. The van der Waals surface area contributed by atoms with Gasteiger partial charge in [0, 0.05) is 78.5 Å². The van der Waals surface area contributed by atoms with E-state index in [0.29, 0.717) is 119 Å². The highest BCUT2D eigenvalue weighted by Crippen LogP contribution is 2.41. The van der Waals surface area contributed by atoms with E-state index in [1.807, 2.05) is 133 Å². The van der Waals surface area contributed by atoms with Crippen LogP contribution in [0.3, 0.4) is 0 Å². The van der Waals surface area contributed by atoms with Crippen molar-refractivity contribution in [2.45, 2.75) is 60.3 Å². The quantitative estimate of drug-likeness (QED) is 0.0213. The standard InChI is InChI=1S/C25H26ClN7O3.C23H22ClN7O2.C22H20ClFN6O2S.C22H21ClN6O/c1-14-10-20(29-25-28-13-19(26)23(31-25)30-22-11-15(2)32-33-22)21(36-9-8-34)12-18(14)16-4-6-17(7-5-16)24(35)27-3;1-12-8-18(19(32)10-16(12)14-4-6-15(7-5-14)22(33)25-3)27-23-26-11-17(24)21(29-23)28-20-9-13(2)30-31-20;1-12-7-19(18(24)10-16(12)14-5-4-6-15(9-14)33(3,31)32)26-22-25-11-17(23)21(28-22)27-20-8-13(2)29-30-20;1-13-9-18(19(30-3)11-16(13)15-7-5-4-6-8-15)25-22-24-12-17(23)21(27-22)26-20-10-14(2)28-29-20/h4-7,10-13,34H,8-9H2,1-3H3,(H,27,35)(H3,28,29,30,31,32,33);4-11,32H,1-3H3,(H,25,33)(H3,26,27,28,29,30,31);4-11H,1-3H3,(H3,25,26,27,28,29,30);4-12H,1-3H3,(H3,24,25,26,27,28,29). The van der Waals surface area contributed by atoms with Crippen LogP contribution in [0.4, 0.5) is 97.5 Å². The SMILES string of the molecule is CNC(=O)c1ccc(-c2cc(O)c(Nc3ncc(Cl)c(Nc4cc(C)[nH]n4)n3)cc2C)cc1.CNC(=O)c1ccc(-c2cc(OCCO)c(Nc3ncc(Cl)c(Nc4cc(C)[nH]n4)n3)cc2C)cc1.COc1cc(-c2ccccc2)c(C)cc1Nc1ncc(Cl)c(Nc2cc(C)[nH]n2)n1.Cc1cc(Nc2nc(Nc3cc(C)c(-c4cccc(S(C)(=O)=O)c4)cc3F)ncc2Cl)n[nH]1. The molecule has 0 aliphatic carbocycles. The number of sulfone groups is 1. The zero-order chi connectivity index (χ0) is 94.0. The predicted octanol–water partition coefficient (Wildman–Crippen LogP) is 19.8. The number of carbonyl (C=O) groups excluding carboxylic acids is 2. The van der Waals surface area contributed by atoms with Crippen molar-refractivity contribution in [1.82, 2.24) is 91.3 Å². The number of ether oxygens (including phenoxy) is 2. The van der Waals surface area contributed by atoms with Gasteiger partial charge in [-0.1, -0.05) is 113 Å². The number of aliphatic hydroxyl groups excluding tert-OH is 1. The highest BCUT2D eigenvalue weighted by atomic mass is 35.5. The number of hydrogen-bond donors (Lipinski definition) is 16. The van der Waals surface area contributed by atoms with Crippen LogP contribution in [0.2, 0.25) is 20.1 Å². The number of hydrogen-bond acceptors (Lipinski definition) is 28. The zero-order valence-electron chi connectivity index (χ0n) is 73.0.